The second-order valence-electron chi connectivity index (χ2n) is 9.37. The number of nitrogens with zero attached hydrogens (tertiary/aromatic N) is 2. The van der Waals surface area contributed by atoms with Gasteiger partial charge < -0.3 is 14.4 Å². The summed E-state index contributed by atoms with van der Waals surface area (Å²) < 4.78 is 11.0. The Labute approximate surface area is 222 Å². The number of rotatable bonds is 8. The molecule has 36 heavy (non-hydrogen) atoms. The minimum absolute atomic E-state index is 0.0542. The molecule has 0 aliphatic carbocycles. The van der Waals surface area contributed by atoms with E-state index in [-0.39, 0.29) is 17.9 Å². The van der Waals surface area contributed by atoms with Gasteiger partial charge in [0.05, 0.1) is 25.7 Å². The van der Waals surface area contributed by atoms with Gasteiger partial charge in [0.2, 0.25) is 5.91 Å². The first-order chi connectivity index (χ1) is 17.3. The Bertz CT molecular complexity index is 1250. The first-order valence-corrected chi connectivity index (χ1v) is 12.5. The van der Waals surface area contributed by atoms with Crippen LogP contribution in [-0.4, -0.2) is 30.0 Å². The molecule has 0 bridgehead atoms. The van der Waals surface area contributed by atoms with Crippen LogP contribution in [0.1, 0.15) is 48.5 Å². The molecule has 4 rings (SSSR count). The molecule has 3 atom stereocenters. The SMILES string of the molecule is C=CC[C@@]1(C)C[C@H](c2cc(Cl)ccn2)[C@@H](c2ccc(Cl)cc2)N(Cc2ccc(OC)cc2OC)C1=O. The van der Waals surface area contributed by atoms with Crippen LogP contribution in [0.2, 0.25) is 10.0 Å². The number of methoxy groups -OCH3 is 2. The first-order valence-electron chi connectivity index (χ1n) is 11.8. The highest BCUT2D eigenvalue weighted by Gasteiger charge is 2.49. The molecule has 2 heterocycles. The largest absolute Gasteiger partial charge is 0.497 e. The molecule has 0 unspecified atom stereocenters. The minimum Gasteiger partial charge on any atom is -0.497 e. The van der Waals surface area contributed by atoms with E-state index in [1.54, 1.807) is 26.5 Å². The number of ether oxygens (including phenoxy) is 2. The van der Waals surface area contributed by atoms with Crippen molar-refractivity contribution in [3.05, 3.63) is 100 Å². The number of benzene rings is 2. The van der Waals surface area contributed by atoms with Gasteiger partial charge in [0.15, 0.2) is 0 Å². The van der Waals surface area contributed by atoms with Crippen LogP contribution in [0.5, 0.6) is 11.5 Å². The van der Waals surface area contributed by atoms with Gasteiger partial charge in [-0.25, -0.2) is 0 Å². The highest BCUT2D eigenvalue weighted by Crippen LogP contribution is 2.51. The Balaban J connectivity index is 1.88. The van der Waals surface area contributed by atoms with Gasteiger partial charge >= 0.3 is 0 Å². The zero-order valence-electron chi connectivity index (χ0n) is 20.7. The summed E-state index contributed by atoms with van der Waals surface area (Å²) in [6.45, 7) is 6.29. The number of hydrogen-bond acceptors (Lipinski definition) is 4. The van der Waals surface area contributed by atoms with Crippen molar-refractivity contribution in [3.8, 4) is 11.5 Å². The van der Waals surface area contributed by atoms with Crippen molar-refractivity contribution in [1.29, 1.82) is 0 Å². The third-order valence-electron chi connectivity index (χ3n) is 6.93. The quantitative estimate of drug-likeness (QED) is 0.291. The van der Waals surface area contributed by atoms with Crippen molar-refractivity contribution in [2.75, 3.05) is 14.2 Å². The Morgan fingerprint density at radius 3 is 2.47 bits per heavy atom. The van der Waals surface area contributed by atoms with E-state index in [0.717, 1.165) is 16.8 Å². The molecule has 1 aliphatic heterocycles. The molecule has 1 amide bonds. The monoisotopic (exact) mass is 524 g/mol. The fourth-order valence-electron chi connectivity index (χ4n) is 5.16. The second kappa shape index (κ2) is 10.9. The van der Waals surface area contributed by atoms with E-state index in [1.165, 1.54) is 0 Å². The number of amides is 1. The maximum absolute atomic E-state index is 14.2. The fraction of sp³-hybridized carbons (Fsp3) is 0.310. The third-order valence-corrected chi connectivity index (χ3v) is 7.42. The van der Waals surface area contributed by atoms with Crippen LogP contribution in [0.25, 0.3) is 0 Å². The second-order valence-corrected chi connectivity index (χ2v) is 10.2. The van der Waals surface area contributed by atoms with Gasteiger partial charge in [-0.15, -0.1) is 6.58 Å². The van der Waals surface area contributed by atoms with E-state index in [9.17, 15) is 4.79 Å². The Kier molecular flexibility index (Phi) is 7.91. The lowest BCUT2D eigenvalue weighted by Gasteiger charge is -2.49. The van der Waals surface area contributed by atoms with Crippen LogP contribution in [-0.2, 0) is 11.3 Å². The lowest BCUT2D eigenvalue weighted by molar-refractivity contribution is -0.151. The molecule has 2 aromatic carbocycles. The predicted octanol–water partition coefficient (Wildman–Crippen LogP) is 7.25. The molecule has 1 aliphatic rings. The van der Waals surface area contributed by atoms with Crippen LogP contribution in [0.3, 0.4) is 0 Å². The van der Waals surface area contributed by atoms with Gasteiger partial charge in [0, 0.05) is 46.0 Å². The Morgan fingerprint density at radius 1 is 1.08 bits per heavy atom. The van der Waals surface area contributed by atoms with E-state index < -0.39 is 5.41 Å². The molecule has 1 fully saturated rings. The lowest BCUT2D eigenvalue weighted by atomic mass is 9.68. The predicted molar refractivity (Wildman–Crippen MR) is 144 cm³/mol. The summed E-state index contributed by atoms with van der Waals surface area (Å²) in [5, 5.41) is 1.25. The van der Waals surface area contributed by atoms with Crippen LogP contribution < -0.4 is 9.47 Å². The molecule has 1 saturated heterocycles. The van der Waals surface area contributed by atoms with Crippen LogP contribution in [0.15, 0.2) is 73.4 Å². The van der Waals surface area contributed by atoms with E-state index in [4.69, 9.17) is 32.7 Å². The summed E-state index contributed by atoms with van der Waals surface area (Å²) in [7, 11) is 3.23. The summed E-state index contributed by atoms with van der Waals surface area (Å²) >= 11 is 12.6. The van der Waals surface area contributed by atoms with E-state index in [0.29, 0.717) is 40.9 Å². The van der Waals surface area contributed by atoms with Gasteiger partial charge in [-0.05, 0) is 54.8 Å². The standard InChI is InChI=1S/C29H30Cl2N2O3/c1-5-13-29(2)17-24(25-15-22(31)12-14-32-25)27(19-6-9-21(30)10-7-19)33(28(29)34)18-20-8-11-23(35-3)16-26(20)36-4/h5-12,14-16,24,27H,1,13,17-18H2,2-4H3/t24-,27-,29+/m1/s1. The van der Waals surface area contributed by atoms with Gasteiger partial charge in [0.1, 0.15) is 11.5 Å². The van der Waals surface area contributed by atoms with Gasteiger partial charge in [-0.1, -0.05) is 48.3 Å². The van der Waals surface area contributed by atoms with Crippen molar-refractivity contribution in [3.63, 3.8) is 0 Å². The van der Waals surface area contributed by atoms with Gasteiger partial charge in [-0.3, -0.25) is 9.78 Å². The summed E-state index contributed by atoms with van der Waals surface area (Å²) in [5.41, 5.74) is 2.05. The van der Waals surface area contributed by atoms with Crippen molar-refractivity contribution in [1.82, 2.24) is 9.88 Å². The molecule has 0 radical (unpaired) electrons. The number of hydrogen-bond donors (Lipinski definition) is 0. The molecule has 1 aromatic heterocycles. The number of aromatic nitrogens is 1. The van der Waals surface area contributed by atoms with Crippen molar-refractivity contribution in [2.24, 2.45) is 5.41 Å². The van der Waals surface area contributed by atoms with E-state index >= 15 is 0 Å². The summed E-state index contributed by atoms with van der Waals surface area (Å²) in [6, 6.07) is 16.7. The van der Waals surface area contributed by atoms with Gasteiger partial charge in [-0.2, -0.15) is 0 Å². The molecule has 7 heteroatoms. The summed E-state index contributed by atoms with van der Waals surface area (Å²) in [5.74, 6) is 1.30. The molecular formula is C29H30Cl2N2O3. The average Bonchev–Trinajstić information content (AvgIpc) is 2.87. The summed E-state index contributed by atoms with van der Waals surface area (Å²) in [4.78, 5) is 20.8. The molecule has 0 spiro atoms. The zero-order valence-corrected chi connectivity index (χ0v) is 22.2. The summed E-state index contributed by atoms with van der Waals surface area (Å²) in [6.07, 6.45) is 4.69. The average molecular weight is 525 g/mol. The zero-order chi connectivity index (χ0) is 25.9. The number of likely N-dealkylation sites (tertiary alicyclic amines) is 1. The van der Waals surface area contributed by atoms with Gasteiger partial charge in [0.25, 0.3) is 0 Å². The maximum Gasteiger partial charge on any atom is 0.229 e. The van der Waals surface area contributed by atoms with Crippen molar-refractivity contribution in [2.45, 2.75) is 38.3 Å². The van der Waals surface area contributed by atoms with Crippen LogP contribution in [0.4, 0.5) is 0 Å². The first kappa shape index (κ1) is 26.1. The van der Waals surface area contributed by atoms with Crippen molar-refractivity contribution < 1.29 is 14.3 Å². The molecule has 5 nitrogen and oxygen atoms in total. The number of allylic oxidation sites excluding steroid dienone is 1. The molecule has 3 aromatic rings. The normalized spacial score (nSPS) is 21.8. The highest BCUT2D eigenvalue weighted by atomic mass is 35.5. The number of piperidine rings is 1. The highest BCUT2D eigenvalue weighted by molar-refractivity contribution is 6.30. The Morgan fingerprint density at radius 2 is 1.83 bits per heavy atom. The van der Waals surface area contributed by atoms with E-state index in [2.05, 4.69) is 11.6 Å². The van der Waals surface area contributed by atoms with Crippen LogP contribution >= 0.6 is 23.2 Å². The molecule has 0 saturated carbocycles. The molecule has 188 valence electrons. The molecule has 0 N–H and O–H groups in total. The molecular weight excluding hydrogens is 495 g/mol. The fourth-order valence-corrected chi connectivity index (χ4v) is 5.46. The smallest absolute Gasteiger partial charge is 0.229 e. The third kappa shape index (κ3) is 5.23. The number of carbonyl (C=O) groups excluding carboxylic acids is 1. The van der Waals surface area contributed by atoms with Crippen molar-refractivity contribution >= 4 is 29.1 Å². The topological polar surface area (TPSA) is 51.7 Å². The minimum atomic E-state index is -0.654. The number of pyridine rings is 1. The van der Waals surface area contributed by atoms with Crippen LogP contribution in [0, 0.1) is 5.41 Å². The van der Waals surface area contributed by atoms with E-state index in [1.807, 2.05) is 66.4 Å². The number of carbonyl (C=O) groups is 1. The number of halogens is 2. The Hall–Kier alpha value is -3.02. The lowest BCUT2D eigenvalue weighted by Crippen LogP contribution is -2.51. The maximum atomic E-state index is 14.2.